The van der Waals surface area contributed by atoms with E-state index in [1.54, 1.807) is 4.90 Å². The van der Waals surface area contributed by atoms with E-state index < -0.39 is 17.6 Å². The molecular formula is C13H19FN4O2. The molecule has 0 bridgehead atoms. The maximum Gasteiger partial charge on any atom is 0.265 e. The van der Waals surface area contributed by atoms with Crippen molar-refractivity contribution in [1.82, 2.24) is 10.3 Å². The molecule has 1 aromatic rings. The van der Waals surface area contributed by atoms with Crippen molar-refractivity contribution in [3.8, 4) is 0 Å². The Morgan fingerprint density at radius 2 is 2.05 bits per heavy atom. The van der Waals surface area contributed by atoms with Gasteiger partial charge in [-0.05, 0) is 32.0 Å². The van der Waals surface area contributed by atoms with Crippen LogP contribution in [0.1, 0.15) is 29.8 Å². The Hall–Kier alpha value is -1.99. The van der Waals surface area contributed by atoms with Crippen LogP contribution in [0.5, 0.6) is 0 Å². The smallest absolute Gasteiger partial charge is 0.265 e. The average molecular weight is 282 g/mol. The standard InChI is InChI=1S/C13H19FN4O2/c1-8(2)18(7-12(15)19)6-10-5-9(13(20)17-16)3-4-11(10)14/h3-5,8H,6-7,16H2,1-2H3,(H2,15,19)(H,17,20). The van der Waals surface area contributed by atoms with E-state index in [0.29, 0.717) is 5.56 Å². The van der Waals surface area contributed by atoms with Crippen LogP contribution >= 0.6 is 0 Å². The summed E-state index contributed by atoms with van der Waals surface area (Å²) >= 11 is 0. The highest BCUT2D eigenvalue weighted by atomic mass is 19.1. The molecule has 20 heavy (non-hydrogen) atoms. The first-order valence-corrected chi connectivity index (χ1v) is 6.17. The topological polar surface area (TPSA) is 101 Å². The van der Waals surface area contributed by atoms with Gasteiger partial charge < -0.3 is 5.73 Å². The first kappa shape index (κ1) is 16.1. The predicted octanol–water partition coefficient (Wildman–Crippen LogP) is 0.125. The second-order valence-electron chi connectivity index (χ2n) is 4.74. The first-order valence-electron chi connectivity index (χ1n) is 6.17. The summed E-state index contributed by atoms with van der Waals surface area (Å²) in [6.07, 6.45) is 0. The summed E-state index contributed by atoms with van der Waals surface area (Å²) < 4.78 is 13.8. The Labute approximate surface area is 116 Å². The quantitative estimate of drug-likeness (QED) is 0.392. The zero-order valence-corrected chi connectivity index (χ0v) is 11.5. The maximum atomic E-state index is 13.8. The molecule has 110 valence electrons. The summed E-state index contributed by atoms with van der Waals surface area (Å²) in [6.45, 7) is 3.94. The van der Waals surface area contributed by atoms with Crippen molar-refractivity contribution in [2.45, 2.75) is 26.4 Å². The van der Waals surface area contributed by atoms with Crippen LogP contribution in [-0.2, 0) is 11.3 Å². The largest absolute Gasteiger partial charge is 0.369 e. The van der Waals surface area contributed by atoms with Gasteiger partial charge in [-0.15, -0.1) is 0 Å². The maximum absolute atomic E-state index is 13.8. The summed E-state index contributed by atoms with van der Waals surface area (Å²) in [6, 6.07) is 3.96. The van der Waals surface area contributed by atoms with Gasteiger partial charge in [0.2, 0.25) is 5.91 Å². The number of halogens is 1. The number of hydrogen-bond donors (Lipinski definition) is 3. The number of amides is 2. The van der Waals surface area contributed by atoms with Crippen LogP contribution < -0.4 is 17.0 Å². The van der Waals surface area contributed by atoms with Gasteiger partial charge in [-0.1, -0.05) is 0 Å². The molecule has 0 aliphatic carbocycles. The molecule has 0 radical (unpaired) electrons. The number of hydrogen-bond acceptors (Lipinski definition) is 4. The third-order valence-corrected chi connectivity index (χ3v) is 2.90. The van der Waals surface area contributed by atoms with Crippen LogP contribution in [-0.4, -0.2) is 29.3 Å². The van der Waals surface area contributed by atoms with Crippen molar-refractivity contribution >= 4 is 11.8 Å². The fourth-order valence-electron chi connectivity index (χ4n) is 1.76. The van der Waals surface area contributed by atoms with Gasteiger partial charge >= 0.3 is 0 Å². The lowest BCUT2D eigenvalue weighted by Crippen LogP contribution is -2.38. The molecule has 0 heterocycles. The molecule has 0 aromatic heterocycles. The monoisotopic (exact) mass is 282 g/mol. The Balaban J connectivity index is 2.99. The fraction of sp³-hybridized carbons (Fsp3) is 0.385. The van der Waals surface area contributed by atoms with E-state index >= 15 is 0 Å². The number of carbonyl (C=O) groups excluding carboxylic acids is 2. The number of nitrogens with one attached hydrogen (secondary N) is 1. The van der Waals surface area contributed by atoms with Gasteiger partial charge in [0, 0.05) is 23.7 Å². The van der Waals surface area contributed by atoms with Crippen LogP contribution in [0.25, 0.3) is 0 Å². The number of nitrogens with zero attached hydrogens (tertiary/aromatic N) is 1. The minimum absolute atomic E-state index is 0.00823. The first-order chi connectivity index (χ1) is 9.35. The van der Waals surface area contributed by atoms with E-state index in [9.17, 15) is 14.0 Å². The van der Waals surface area contributed by atoms with Crippen LogP contribution in [0.15, 0.2) is 18.2 Å². The lowest BCUT2D eigenvalue weighted by atomic mass is 10.1. The van der Waals surface area contributed by atoms with Crippen LogP contribution in [0.2, 0.25) is 0 Å². The van der Waals surface area contributed by atoms with Crippen LogP contribution in [0.4, 0.5) is 4.39 Å². The Morgan fingerprint density at radius 3 is 2.55 bits per heavy atom. The Bertz CT molecular complexity index is 505. The lowest BCUT2D eigenvalue weighted by Gasteiger charge is -2.25. The molecule has 0 aliphatic heterocycles. The molecule has 0 spiro atoms. The molecule has 0 saturated carbocycles. The van der Waals surface area contributed by atoms with E-state index in [0.717, 1.165) is 0 Å². The summed E-state index contributed by atoms with van der Waals surface area (Å²) in [5.41, 5.74) is 7.72. The van der Waals surface area contributed by atoms with E-state index in [2.05, 4.69) is 0 Å². The number of carbonyl (C=O) groups is 2. The van der Waals surface area contributed by atoms with Crippen LogP contribution in [0, 0.1) is 5.82 Å². The van der Waals surface area contributed by atoms with Crippen molar-refractivity contribution in [1.29, 1.82) is 0 Å². The number of nitrogen functional groups attached to an aromatic ring is 1. The summed E-state index contributed by atoms with van der Waals surface area (Å²) in [5, 5.41) is 0. The van der Waals surface area contributed by atoms with Gasteiger partial charge in [-0.2, -0.15) is 0 Å². The lowest BCUT2D eigenvalue weighted by molar-refractivity contribution is -0.119. The highest BCUT2D eigenvalue weighted by Gasteiger charge is 2.16. The molecule has 2 amide bonds. The molecule has 1 aromatic carbocycles. The fourth-order valence-corrected chi connectivity index (χ4v) is 1.76. The third-order valence-electron chi connectivity index (χ3n) is 2.90. The van der Waals surface area contributed by atoms with Gasteiger partial charge in [0.25, 0.3) is 5.91 Å². The number of primary amides is 1. The molecule has 5 N–H and O–H groups in total. The molecule has 0 atom stereocenters. The average Bonchev–Trinajstić information content (AvgIpc) is 2.38. The number of nitrogens with two attached hydrogens (primary N) is 2. The van der Waals surface area contributed by atoms with Crippen LogP contribution in [0.3, 0.4) is 0 Å². The second-order valence-corrected chi connectivity index (χ2v) is 4.74. The predicted molar refractivity (Wildman–Crippen MR) is 72.8 cm³/mol. The third kappa shape index (κ3) is 4.29. The van der Waals surface area contributed by atoms with E-state index in [1.165, 1.54) is 18.2 Å². The Morgan fingerprint density at radius 1 is 1.40 bits per heavy atom. The normalized spacial score (nSPS) is 10.9. The van der Waals surface area contributed by atoms with Crippen molar-refractivity contribution in [2.24, 2.45) is 11.6 Å². The minimum Gasteiger partial charge on any atom is -0.369 e. The van der Waals surface area contributed by atoms with Gasteiger partial charge in [0.15, 0.2) is 0 Å². The molecule has 0 saturated heterocycles. The summed E-state index contributed by atoms with van der Waals surface area (Å²) in [7, 11) is 0. The zero-order chi connectivity index (χ0) is 15.3. The Kier molecular flexibility index (Phi) is 5.60. The molecule has 0 fully saturated rings. The van der Waals surface area contributed by atoms with Gasteiger partial charge in [-0.3, -0.25) is 19.9 Å². The van der Waals surface area contributed by atoms with E-state index in [4.69, 9.17) is 11.6 Å². The SMILES string of the molecule is CC(C)N(CC(N)=O)Cc1cc(C(=O)NN)ccc1F. The molecule has 7 heteroatoms. The minimum atomic E-state index is -0.503. The van der Waals surface area contributed by atoms with Crippen molar-refractivity contribution in [3.63, 3.8) is 0 Å². The van der Waals surface area contributed by atoms with Gasteiger partial charge in [0.1, 0.15) is 5.82 Å². The van der Waals surface area contributed by atoms with Crippen molar-refractivity contribution in [2.75, 3.05) is 6.54 Å². The molecule has 1 rings (SSSR count). The summed E-state index contributed by atoms with van der Waals surface area (Å²) in [5.74, 6) is 3.60. The highest BCUT2D eigenvalue weighted by molar-refractivity contribution is 5.93. The van der Waals surface area contributed by atoms with Crippen molar-refractivity contribution < 1.29 is 14.0 Å². The molecule has 0 unspecified atom stereocenters. The molecule has 6 nitrogen and oxygen atoms in total. The molecular weight excluding hydrogens is 263 g/mol. The zero-order valence-electron chi connectivity index (χ0n) is 11.5. The van der Waals surface area contributed by atoms with E-state index in [-0.39, 0.29) is 24.7 Å². The molecule has 0 aliphatic rings. The number of hydrazine groups is 1. The number of benzene rings is 1. The van der Waals surface area contributed by atoms with Gasteiger partial charge in [0.05, 0.1) is 6.54 Å². The number of rotatable bonds is 6. The van der Waals surface area contributed by atoms with Gasteiger partial charge in [-0.25, -0.2) is 10.2 Å². The van der Waals surface area contributed by atoms with E-state index in [1.807, 2.05) is 19.3 Å². The highest BCUT2D eigenvalue weighted by Crippen LogP contribution is 2.14. The summed E-state index contributed by atoms with van der Waals surface area (Å²) in [4.78, 5) is 24.2. The van der Waals surface area contributed by atoms with Crippen molar-refractivity contribution in [3.05, 3.63) is 35.1 Å². The second kappa shape index (κ2) is 6.97.